The Labute approximate surface area is 139 Å². The van der Waals surface area contributed by atoms with Gasteiger partial charge in [-0.2, -0.15) is 0 Å². The zero-order chi connectivity index (χ0) is 16.7. The van der Waals surface area contributed by atoms with Crippen molar-refractivity contribution in [2.45, 2.75) is 52.0 Å². The van der Waals surface area contributed by atoms with E-state index >= 15 is 0 Å². The number of nitrogens with zero attached hydrogens (tertiary/aromatic N) is 1. The fourth-order valence-electron chi connectivity index (χ4n) is 3.26. The van der Waals surface area contributed by atoms with Crippen LogP contribution in [0.4, 0.5) is 4.39 Å². The van der Waals surface area contributed by atoms with E-state index in [1.165, 1.54) is 18.9 Å². The Balaban J connectivity index is 1.78. The molecule has 1 aliphatic rings. The van der Waals surface area contributed by atoms with Crippen molar-refractivity contribution >= 4 is 5.91 Å². The maximum absolute atomic E-state index is 13.4. The number of carbonyl (C=O) groups is 1. The van der Waals surface area contributed by atoms with Gasteiger partial charge in [0, 0.05) is 18.5 Å². The summed E-state index contributed by atoms with van der Waals surface area (Å²) < 4.78 is 13.4. The Kier molecular flexibility index (Phi) is 7.03. The van der Waals surface area contributed by atoms with Gasteiger partial charge in [-0.15, -0.1) is 0 Å². The van der Waals surface area contributed by atoms with E-state index in [9.17, 15) is 9.18 Å². The first-order chi connectivity index (χ1) is 11.1. The average Bonchev–Trinajstić information content (AvgIpc) is 2.58. The first-order valence-corrected chi connectivity index (χ1v) is 8.89. The molecule has 0 bridgehead atoms. The number of carbonyl (C=O) groups excluding carboxylic acids is 1. The maximum Gasteiger partial charge on any atom is 0.223 e. The molecule has 23 heavy (non-hydrogen) atoms. The van der Waals surface area contributed by atoms with E-state index in [1.807, 2.05) is 6.07 Å². The molecule has 4 heteroatoms. The molecule has 2 rings (SSSR count). The highest BCUT2D eigenvalue weighted by Crippen LogP contribution is 2.27. The molecule has 1 aromatic carbocycles. The molecule has 3 nitrogen and oxygen atoms in total. The number of likely N-dealkylation sites (tertiary alicyclic amines) is 1. The number of amides is 1. The molecule has 0 saturated carbocycles. The Hall–Kier alpha value is -1.42. The molecule has 128 valence electrons. The summed E-state index contributed by atoms with van der Waals surface area (Å²) in [4.78, 5) is 14.5. The zero-order valence-electron chi connectivity index (χ0n) is 14.4. The minimum Gasteiger partial charge on any atom is -0.356 e. The molecule has 0 radical (unpaired) electrons. The molecule has 1 atom stereocenters. The van der Waals surface area contributed by atoms with Crippen molar-refractivity contribution < 1.29 is 9.18 Å². The van der Waals surface area contributed by atoms with Crippen molar-refractivity contribution in [3.8, 4) is 0 Å². The van der Waals surface area contributed by atoms with Crippen LogP contribution in [-0.4, -0.2) is 30.4 Å². The number of benzene rings is 1. The lowest BCUT2D eigenvalue weighted by Crippen LogP contribution is -2.41. The Bertz CT molecular complexity index is 498. The highest BCUT2D eigenvalue weighted by molar-refractivity contribution is 5.78. The standard InChI is InChI=1S/C19H29FN2O/c1-3-4-5-11-21-19(23)16-9-12-22(13-10-16)15(2)17-7-6-8-18(20)14-17/h6-8,14-16H,3-5,9-13H2,1-2H3,(H,21,23)/t15-/m0/s1. The molecule has 1 N–H and O–H groups in total. The second-order valence-corrected chi connectivity index (χ2v) is 6.54. The number of unbranched alkanes of at least 4 members (excludes halogenated alkanes) is 2. The molecule has 1 amide bonds. The average molecular weight is 320 g/mol. The molecule has 1 heterocycles. The van der Waals surface area contributed by atoms with Crippen LogP contribution >= 0.6 is 0 Å². The quantitative estimate of drug-likeness (QED) is 0.773. The second kappa shape index (κ2) is 9.02. The first-order valence-electron chi connectivity index (χ1n) is 8.89. The largest absolute Gasteiger partial charge is 0.356 e. The van der Waals surface area contributed by atoms with Crippen LogP contribution in [0.2, 0.25) is 0 Å². The fraction of sp³-hybridized carbons (Fsp3) is 0.632. The molecule has 0 unspecified atom stereocenters. The van der Waals surface area contributed by atoms with Crippen LogP contribution in [0.25, 0.3) is 0 Å². The topological polar surface area (TPSA) is 32.3 Å². The fourth-order valence-corrected chi connectivity index (χ4v) is 3.26. The maximum atomic E-state index is 13.4. The van der Waals surface area contributed by atoms with Gasteiger partial charge in [-0.3, -0.25) is 9.69 Å². The van der Waals surface area contributed by atoms with Crippen LogP contribution in [0.3, 0.4) is 0 Å². The molecule has 0 spiro atoms. The van der Waals surface area contributed by atoms with Crippen LogP contribution in [0, 0.1) is 11.7 Å². The lowest BCUT2D eigenvalue weighted by atomic mass is 9.93. The summed E-state index contributed by atoms with van der Waals surface area (Å²) in [7, 11) is 0. The Morgan fingerprint density at radius 3 is 2.74 bits per heavy atom. The summed E-state index contributed by atoms with van der Waals surface area (Å²) in [6.07, 6.45) is 5.19. The number of rotatable bonds is 7. The predicted molar refractivity (Wildman–Crippen MR) is 91.6 cm³/mol. The van der Waals surface area contributed by atoms with Crippen LogP contribution in [0.15, 0.2) is 24.3 Å². The smallest absolute Gasteiger partial charge is 0.223 e. The van der Waals surface area contributed by atoms with E-state index in [1.54, 1.807) is 12.1 Å². The summed E-state index contributed by atoms with van der Waals surface area (Å²) >= 11 is 0. The number of piperidine rings is 1. The van der Waals surface area contributed by atoms with E-state index in [0.717, 1.165) is 44.5 Å². The third kappa shape index (κ3) is 5.31. The lowest BCUT2D eigenvalue weighted by Gasteiger charge is -2.35. The van der Waals surface area contributed by atoms with Crippen molar-refractivity contribution in [2.75, 3.05) is 19.6 Å². The Morgan fingerprint density at radius 1 is 1.35 bits per heavy atom. The van der Waals surface area contributed by atoms with Gasteiger partial charge in [0.2, 0.25) is 5.91 Å². The van der Waals surface area contributed by atoms with Gasteiger partial charge in [0.25, 0.3) is 0 Å². The summed E-state index contributed by atoms with van der Waals surface area (Å²) in [6, 6.07) is 7.01. The highest BCUT2D eigenvalue weighted by Gasteiger charge is 2.27. The van der Waals surface area contributed by atoms with Crippen LogP contribution in [0.1, 0.15) is 57.6 Å². The summed E-state index contributed by atoms with van der Waals surface area (Å²) in [5, 5.41) is 3.06. The number of hydrogen-bond acceptors (Lipinski definition) is 2. The minimum atomic E-state index is -0.185. The van der Waals surface area contributed by atoms with Gasteiger partial charge < -0.3 is 5.32 Å². The molecule has 1 aromatic rings. The van der Waals surface area contributed by atoms with Crippen molar-refractivity contribution in [2.24, 2.45) is 5.92 Å². The van der Waals surface area contributed by atoms with E-state index in [2.05, 4.69) is 24.1 Å². The van der Waals surface area contributed by atoms with Gasteiger partial charge in [-0.05, 0) is 57.0 Å². The molecular formula is C19H29FN2O. The van der Waals surface area contributed by atoms with E-state index in [-0.39, 0.29) is 23.7 Å². The molecule has 1 aliphatic heterocycles. The van der Waals surface area contributed by atoms with Gasteiger partial charge in [0.05, 0.1) is 0 Å². The zero-order valence-corrected chi connectivity index (χ0v) is 14.4. The van der Waals surface area contributed by atoms with Gasteiger partial charge >= 0.3 is 0 Å². The summed E-state index contributed by atoms with van der Waals surface area (Å²) in [5.74, 6) is 0.155. The van der Waals surface area contributed by atoms with Crippen molar-refractivity contribution in [3.05, 3.63) is 35.6 Å². The summed E-state index contributed by atoms with van der Waals surface area (Å²) in [5.41, 5.74) is 1.01. The lowest BCUT2D eigenvalue weighted by molar-refractivity contribution is -0.126. The molecule has 1 saturated heterocycles. The van der Waals surface area contributed by atoms with Gasteiger partial charge in [0.1, 0.15) is 5.82 Å². The normalized spacial score (nSPS) is 17.9. The molecule has 1 fully saturated rings. The van der Waals surface area contributed by atoms with Crippen LogP contribution in [-0.2, 0) is 4.79 Å². The molecular weight excluding hydrogens is 291 g/mol. The van der Waals surface area contributed by atoms with Crippen LogP contribution < -0.4 is 5.32 Å². The second-order valence-electron chi connectivity index (χ2n) is 6.54. The molecule has 0 aliphatic carbocycles. The van der Waals surface area contributed by atoms with Crippen molar-refractivity contribution in [1.82, 2.24) is 10.2 Å². The van der Waals surface area contributed by atoms with Gasteiger partial charge in [-0.25, -0.2) is 4.39 Å². The van der Waals surface area contributed by atoms with Crippen molar-refractivity contribution in [3.63, 3.8) is 0 Å². The van der Waals surface area contributed by atoms with E-state index in [0.29, 0.717) is 0 Å². The number of halogens is 1. The number of hydrogen-bond donors (Lipinski definition) is 1. The van der Waals surface area contributed by atoms with Gasteiger partial charge in [-0.1, -0.05) is 31.9 Å². The van der Waals surface area contributed by atoms with E-state index < -0.39 is 0 Å². The first kappa shape index (κ1) is 17.9. The SMILES string of the molecule is CCCCCNC(=O)C1CCN([C@@H](C)c2cccc(F)c2)CC1. The van der Waals surface area contributed by atoms with Gasteiger partial charge in [0.15, 0.2) is 0 Å². The molecule has 0 aromatic heterocycles. The van der Waals surface area contributed by atoms with Crippen molar-refractivity contribution in [1.29, 1.82) is 0 Å². The highest BCUT2D eigenvalue weighted by atomic mass is 19.1. The van der Waals surface area contributed by atoms with Crippen LogP contribution in [0.5, 0.6) is 0 Å². The third-order valence-corrected chi connectivity index (χ3v) is 4.86. The van der Waals surface area contributed by atoms with E-state index in [4.69, 9.17) is 0 Å². The third-order valence-electron chi connectivity index (χ3n) is 4.86. The monoisotopic (exact) mass is 320 g/mol. The number of nitrogens with one attached hydrogen (secondary N) is 1. The predicted octanol–water partition coefficient (Wildman–Crippen LogP) is 3.91. The Morgan fingerprint density at radius 2 is 2.09 bits per heavy atom. The minimum absolute atomic E-state index is 0.132. The summed E-state index contributed by atoms with van der Waals surface area (Å²) in [6.45, 7) is 6.86.